The van der Waals surface area contributed by atoms with Crippen molar-refractivity contribution in [1.29, 1.82) is 0 Å². The second-order valence-corrected chi connectivity index (χ2v) is 5.07. The maximum atomic E-state index is 9.78. The van der Waals surface area contributed by atoms with Crippen LogP contribution < -0.4 is 5.73 Å². The zero-order valence-electron chi connectivity index (χ0n) is 8.59. The summed E-state index contributed by atoms with van der Waals surface area (Å²) in [7, 11) is 0. The van der Waals surface area contributed by atoms with Crippen LogP contribution in [0.3, 0.4) is 0 Å². The van der Waals surface area contributed by atoms with E-state index in [0.29, 0.717) is 12.5 Å². The highest BCUT2D eigenvalue weighted by atomic mass is 16.3. The summed E-state index contributed by atoms with van der Waals surface area (Å²) in [6, 6.07) is 0. The zero-order chi connectivity index (χ0) is 9.57. The predicted octanol–water partition coefficient (Wildman–Crippen LogP) is 1.38. The lowest BCUT2D eigenvalue weighted by atomic mass is 10.0. The average Bonchev–Trinajstić information content (AvgIpc) is 2.24. The molecular formula is C10H21NO. The van der Waals surface area contributed by atoms with Gasteiger partial charge in [-0.05, 0) is 29.7 Å². The Balaban J connectivity index is 2.58. The maximum Gasteiger partial charge on any atom is 0.0591 e. The first-order chi connectivity index (χ1) is 5.35. The SMILES string of the molecule is CC1(C)C(C(O)CCN)C1(C)C. The number of aliphatic hydroxyl groups is 1. The largest absolute Gasteiger partial charge is 0.393 e. The van der Waals surface area contributed by atoms with Gasteiger partial charge < -0.3 is 10.8 Å². The third kappa shape index (κ3) is 1.17. The summed E-state index contributed by atoms with van der Waals surface area (Å²) in [5.74, 6) is 0.425. The first-order valence-corrected chi connectivity index (χ1v) is 4.74. The third-order valence-electron chi connectivity index (χ3n) is 3.98. The number of nitrogens with two attached hydrogens (primary N) is 1. The van der Waals surface area contributed by atoms with Crippen LogP contribution in [0, 0.1) is 16.7 Å². The molecule has 3 N–H and O–H groups in total. The van der Waals surface area contributed by atoms with Gasteiger partial charge in [-0.1, -0.05) is 27.7 Å². The summed E-state index contributed by atoms with van der Waals surface area (Å²) in [6.45, 7) is 9.47. The molecule has 0 heterocycles. The molecule has 1 unspecified atom stereocenters. The van der Waals surface area contributed by atoms with Crippen LogP contribution in [-0.4, -0.2) is 17.8 Å². The monoisotopic (exact) mass is 171 g/mol. The molecular weight excluding hydrogens is 150 g/mol. The first kappa shape index (κ1) is 10.0. The Morgan fingerprint density at radius 2 is 1.67 bits per heavy atom. The molecule has 0 spiro atoms. The summed E-state index contributed by atoms with van der Waals surface area (Å²) in [4.78, 5) is 0. The van der Waals surface area contributed by atoms with Crippen LogP contribution in [0.1, 0.15) is 34.1 Å². The van der Waals surface area contributed by atoms with Gasteiger partial charge in [-0.15, -0.1) is 0 Å². The Kier molecular flexibility index (Phi) is 2.26. The molecule has 1 fully saturated rings. The molecule has 1 aliphatic carbocycles. The molecule has 0 aromatic carbocycles. The molecule has 0 amide bonds. The topological polar surface area (TPSA) is 46.2 Å². The molecule has 1 atom stereocenters. The van der Waals surface area contributed by atoms with Crippen molar-refractivity contribution in [2.24, 2.45) is 22.5 Å². The number of hydrogen-bond acceptors (Lipinski definition) is 2. The van der Waals surface area contributed by atoms with Crippen LogP contribution in [0.15, 0.2) is 0 Å². The molecule has 0 aromatic heterocycles. The highest BCUT2D eigenvalue weighted by Crippen LogP contribution is 2.69. The van der Waals surface area contributed by atoms with E-state index in [2.05, 4.69) is 27.7 Å². The third-order valence-corrected chi connectivity index (χ3v) is 3.98. The van der Waals surface area contributed by atoms with Gasteiger partial charge in [0.15, 0.2) is 0 Å². The maximum absolute atomic E-state index is 9.78. The lowest BCUT2D eigenvalue weighted by Gasteiger charge is -2.10. The summed E-state index contributed by atoms with van der Waals surface area (Å²) >= 11 is 0. The van der Waals surface area contributed by atoms with Crippen LogP contribution >= 0.6 is 0 Å². The van der Waals surface area contributed by atoms with Gasteiger partial charge in [-0.3, -0.25) is 0 Å². The van der Waals surface area contributed by atoms with Gasteiger partial charge in [-0.25, -0.2) is 0 Å². The van der Waals surface area contributed by atoms with Crippen LogP contribution in [0.2, 0.25) is 0 Å². The van der Waals surface area contributed by atoms with E-state index in [-0.39, 0.29) is 16.9 Å². The second-order valence-electron chi connectivity index (χ2n) is 5.07. The summed E-state index contributed by atoms with van der Waals surface area (Å²) < 4.78 is 0. The van der Waals surface area contributed by atoms with Crippen molar-refractivity contribution in [2.45, 2.75) is 40.2 Å². The van der Waals surface area contributed by atoms with Gasteiger partial charge in [0.2, 0.25) is 0 Å². The van der Waals surface area contributed by atoms with Crippen molar-refractivity contribution in [3.05, 3.63) is 0 Å². The van der Waals surface area contributed by atoms with E-state index in [0.717, 1.165) is 6.42 Å². The van der Waals surface area contributed by atoms with E-state index >= 15 is 0 Å². The minimum absolute atomic E-state index is 0.208. The smallest absolute Gasteiger partial charge is 0.0591 e. The van der Waals surface area contributed by atoms with Crippen molar-refractivity contribution in [1.82, 2.24) is 0 Å². The molecule has 1 aliphatic rings. The van der Waals surface area contributed by atoms with E-state index in [4.69, 9.17) is 5.73 Å². The quantitative estimate of drug-likeness (QED) is 0.674. The Morgan fingerprint density at radius 3 is 1.92 bits per heavy atom. The van der Waals surface area contributed by atoms with Crippen molar-refractivity contribution in [3.8, 4) is 0 Å². The fraction of sp³-hybridized carbons (Fsp3) is 1.00. The standard InChI is InChI=1S/C10H21NO/c1-9(2)8(10(9,3)4)7(12)5-6-11/h7-8,12H,5-6,11H2,1-4H3. The zero-order valence-corrected chi connectivity index (χ0v) is 8.59. The molecule has 0 bridgehead atoms. The van der Waals surface area contributed by atoms with E-state index in [1.165, 1.54) is 0 Å². The lowest BCUT2D eigenvalue weighted by Crippen LogP contribution is -2.18. The van der Waals surface area contributed by atoms with E-state index in [1.807, 2.05) is 0 Å². The van der Waals surface area contributed by atoms with Gasteiger partial charge in [0, 0.05) is 0 Å². The van der Waals surface area contributed by atoms with E-state index in [1.54, 1.807) is 0 Å². The highest BCUT2D eigenvalue weighted by Gasteiger charge is 2.66. The minimum atomic E-state index is -0.208. The van der Waals surface area contributed by atoms with Crippen molar-refractivity contribution >= 4 is 0 Å². The van der Waals surface area contributed by atoms with Gasteiger partial charge in [0.1, 0.15) is 0 Å². The number of hydrogen-bond donors (Lipinski definition) is 2. The summed E-state index contributed by atoms with van der Waals surface area (Å²) in [5, 5.41) is 9.78. The molecule has 0 aliphatic heterocycles. The van der Waals surface area contributed by atoms with Crippen molar-refractivity contribution < 1.29 is 5.11 Å². The van der Waals surface area contributed by atoms with E-state index in [9.17, 15) is 5.11 Å². The second kappa shape index (κ2) is 2.71. The van der Waals surface area contributed by atoms with Crippen molar-refractivity contribution in [3.63, 3.8) is 0 Å². The Labute approximate surface area is 75.2 Å². The van der Waals surface area contributed by atoms with Crippen LogP contribution in [0.4, 0.5) is 0 Å². The van der Waals surface area contributed by atoms with Gasteiger partial charge >= 0.3 is 0 Å². The molecule has 0 radical (unpaired) electrons. The normalized spacial score (nSPS) is 28.5. The number of aliphatic hydroxyl groups excluding tert-OH is 1. The highest BCUT2D eigenvalue weighted by molar-refractivity contribution is 5.14. The molecule has 1 rings (SSSR count). The van der Waals surface area contributed by atoms with Crippen LogP contribution in [0.25, 0.3) is 0 Å². The average molecular weight is 171 g/mol. The van der Waals surface area contributed by atoms with Gasteiger partial charge in [0.25, 0.3) is 0 Å². The van der Waals surface area contributed by atoms with Crippen LogP contribution in [-0.2, 0) is 0 Å². The Morgan fingerprint density at radius 1 is 1.25 bits per heavy atom. The van der Waals surface area contributed by atoms with Crippen LogP contribution in [0.5, 0.6) is 0 Å². The molecule has 0 aromatic rings. The summed E-state index contributed by atoms with van der Waals surface area (Å²) in [5.41, 5.74) is 5.97. The van der Waals surface area contributed by atoms with Gasteiger partial charge in [-0.2, -0.15) is 0 Å². The van der Waals surface area contributed by atoms with E-state index < -0.39 is 0 Å². The molecule has 72 valence electrons. The summed E-state index contributed by atoms with van der Waals surface area (Å²) in [6.07, 6.45) is 0.525. The van der Waals surface area contributed by atoms with Crippen molar-refractivity contribution in [2.75, 3.05) is 6.54 Å². The number of rotatable bonds is 3. The first-order valence-electron chi connectivity index (χ1n) is 4.74. The lowest BCUT2D eigenvalue weighted by molar-refractivity contribution is 0.122. The molecule has 0 saturated heterocycles. The van der Waals surface area contributed by atoms with Gasteiger partial charge in [0.05, 0.1) is 6.10 Å². The Hall–Kier alpha value is -0.0800. The molecule has 12 heavy (non-hydrogen) atoms. The molecule has 2 heteroatoms. The predicted molar refractivity (Wildman–Crippen MR) is 50.7 cm³/mol. The minimum Gasteiger partial charge on any atom is -0.393 e. The fourth-order valence-electron chi connectivity index (χ4n) is 2.55. The Bertz CT molecular complexity index is 161. The molecule has 1 saturated carbocycles. The fourth-order valence-corrected chi connectivity index (χ4v) is 2.55. The molecule has 2 nitrogen and oxygen atoms in total.